The Labute approximate surface area is 266 Å². The van der Waals surface area contributed by atoms with Gasteiger partial charge >= 0.3 is 12.1 Å². The topological polar surface area (TPSA) is 123 Å². The first kappa shape index (κ1) is 37.5. The average molecular weight is 684 g/mol. The number of carbonyl (C=O) groups excluding carboxylic acids is 4. The van der Waals surface area contributed by atoms with Gasteiger partial charge in [-0.1, -0.05) is 49.2 Å². The Balaban J connectivity index is 2.31. The van der Waals surface area contributed by atoms with Gasteiger partial charge in [-0.2, -0.15) is 22.0 Å². The van der Waals surface area contributed by atoms with Crippen molar-refractivity contribution in [1.82, 2.24) is 16.0 Å². The Bertz CT molecular complexity index is 1390. The Morgan fingerprint density at radius 3 is 2.02 bits per heavy atom. The molecular formula is C29H32Cl2F5N3O6. The molecule has 45 heavy (non-hydrogen) atoms. The molecule has 2 aromatic rings. The van der Waals surface area contributed by atoms with Crippen LogP contribution in [0.3, 0.4) is 0 Å². The van der Waals surface area contributed by atoms with E-state index in [0.717, 1.165) is 5.32 Å². The Hall–Kier alpha value is -3.65. The predicted molar refractivity (Wildman–Crippen MR) is 156 cm³/mol. The molecule has 3 amide bonds. The molecule has 9 nitrogen and oxygen atoms in total. The van der Waals surface area contributed by atoms with E-state index in [4.69, 9.17) is 32.7 Å². The highest BCUT2D eigenvalue weighted by molar-refractivity contribution is 6.42. The second kappa shape index (κ2) is 16.1. The number of carbonyl (C=O) groups is 4. The van der Waals surface area contributed by atoms with Crippen LogP contribution in [0.5, 0.6) is 11.5 Å². The van der Waals surface area contributed by atoms with Gasteiger partial charge in [0.15, 0.2) is 11.5 Å². The van der Waals surface area contributed by atoms with E-state index in [1.54, 1.807) is 24.3 Å². The number of ketones is 1. The summed E-state index contributed by atoms with van der Waals surface area (Å²) in [7, 11) is 2.78. The maximum Gasteiger partial charge on any atom is 0.405 e. The summed E-state index contributed by atoms with van der Waals surface area (Å²) in [6.07, 6.45) is -5.14. The van der Waals surface area contributed by atoms with E-state index in [2.05, 4.69) is 10.6 Å². The van der Waals surface area contributed by atoms with Crippen LogP contribution in [-0.2, 0) is 32.0 Å². The van der Waals surface area contributed by atoms with Gasteiger partial charge in [-0.05, 0) is 47.7 Å². The lowest BCUT2D eigenvalue weighted by Crippen LogP contribution is -2.59. The third-order valence-corrected chi connectivity index (χ3v) is 7.19. The molecule has 0 spiro atoms. The number of nitrogens with one attached hydrogen (secondary N) is 3. The van der Waals surface area contributed by atoms with Crippen molar-refractivity contribution in [2.75, 3.05) is 20.8 Å². The lowest BCUT2D eigenvalue weighted by atomic mass is 9.94. The van der Waals surface area contributed by atoms with Gasteiger partial charge in [-0.3, -0.25) is 19.2 Å². The molecule has 0 bridgehead atoms. The van der Waals surface area contributed by atoms with E-state index >= 15 is 0 Å². The highest BCUT2D eigenvalue weighted by atomic mass is 35.5. The summed E-state index contributed by atoms with van der Waals surface area (Å²) in [5, 5.41) is 6.23. The van der Waals surface area contributed by atoms with E-state index in [9.17, 15) is 41.1 Å². The molecule has 248 valence electrons. The fourth-order valence-electron chi connectivity index (χ4n) is 4.06. The lowest BCUT2D eigenvalue weighted by Gasteiger charge is -2.27. The SMILES string of the molecule is COc1ccc(CC(NC(=O)CCc2ccc(Cl)c(Cl)c2)C(=O)NC(C(=O)C(F)(F)C(=O)NCC(F)(F)F)C(C)C)cc1OC. The van der Waals surface area contributed by atoms with Crippen molar-refractivity contribution in [2.45, 2.75) is 57.3 Å². The van der Waals surface area contributed by atoms with Gasteiger partial charge in [0.05, 0.1) is 30.3 Å². The molecule has 0 aromatic heterocycles. The number of amides is 3. The van der Waals surface area contributed by atoms with Crippen molar-refractivity contribution in [3.8, 4) is 11.5 Å². The van der Waals surface area contributed by atoms with E-state index in [1.807, 2.05) is 0 Å². The zero-order valence-corrected chi connectivity index (χ0v) is 26.1. The van der Waals surface area contributed by atoms with Gasteiger partial charge < -0.3 is 25.4 Å². The van der Waals surface area contributed by atoms with Crippen LogP contribution < -0.4 is 25.4 Å². The summed E-state index contributed by atoms with van der Waals surface area (Å²) in [4.78, 5) is 50.9. The largest absolute Gasteiger partial charge is 0.493 e. The summed E-state index contributed by atoms with van der Waals surface area (Å²) in [6, 6.07) is 5.95. The molecule has 2 atom stereocenters. The molecule has 2 unspecified atom stereocenters. The van der Waals surface area contributed by atoms with Crippen LogP contribution in [0.2, 0.25) is 10.0 Å². The first-order valence-corrected chi connectivity index (χ1v) is 14.2. The van der Waals surface area contributed by atoms with Crippen LogP contribution in [0.25, 0.3) is 0 Å². The summed E-state index contributed by atoms with van der Waals surface area (Å²) in [6.45, 7) is 0.479. The van der Waals surface area contributed by atoms with Crippen LogP contribution in [0.1, 0.15) is 31.4 Å². The number of halogens is 7. The molecule has 16 heteroatoms. The number of hydrogen-bond donors (Lipinski definition) is 3. The third kappa shape index (κ3) is 11.0. The first-order chi connectivity index (χ1) is 20.9. The van der Waals surface area contributed by atoms with Crippen LogP contribution >= 0.6 is 23.2 Å². The molecule has 2 aromatic carbocycles. The van der Waals surface area contributed by atoms with Gasteiger partial charge in [-0.25, -0.2) is 0 Å². The van der Waals surface area contributed by atoms with Gasteiger partial charge in [0.1, 0.15) is 12.6 Å². The number of ether oxygens (including phenoxy) is 2. The highest BCUT2D eigenvalue weighted by Gasteiger charge is 2.52. The molecule has 0 aliphatic rings. The zero-order chi connectivity index (χ0) is 34.1. The number of benzene rings is 2. The Kier molecular flexibility index (Phi) is 13.4. The van der Waals surface area contributed by atoms with Gasteiger partial charge in [0.25, 0.3) is 5.91 Å². The third-order valence-electron chi connectivity index (χ3n) is 6.46. The summed E-state index contributed by atoms with van der Waals surface area (Å²) in [5.74, 6) is -11.6. The van der Waals surface area contributed by atoms with Crippen LogP contribution in [0.4, 0.5) is 22.0 Å². The smallest absolute Gasteiger partial charge is 0.405 e. The van der Waals surface area contributed by atoms with E-state index in [1.165, 1.54) is 40.2 Å². The summed E-state index contributed by atoms with van der Waals surface area (Å²) < 4.78 is 77.2. The molecule has 0 saturated heterocycles. The Morgan fingerprint density at radius 2 is 1.47 bits per heavy atom. The summed E-state index contributed by atoms with van der Waals surface area (Å²) in [5.41, 5.74) is 1.11. The maximum atomic E-state index is 14.7. The Morgan fingerprint density at radius 1 is 0.844 bits per heavy atom. The molecule has 0 fully saturated rings. The van der Waals surface area contributed by atoms with E-state index < -0.39 is 60.1 Å². The molecule has 3 N–H and O–H groups in total. The number of aryl methyl sites for hydroxylation is 1. The molecule has 0 heterocycles. The fraction of sp³-hybridized carbons (Fsp3) is 0.448. The van der Waals surface area contributed by atoms with Crippen molar-refractivity contribution < 1.29 is 50.6 Å². The predicted octanol–water partition coefficient (Wildman–Crippen LogP) is 4.69. The fourth-order valence-corrected chi connectivity index (χ4v) is 4.38. The van der Waals surface area contributed by atoms with Crippen molar-refractivity contribution in [2.24, 2.45) is 5.92 Å². The molecule has 2 rings (SSSR count). The highest BCUT2D eigenvalue weighted by Crippen LogP contribution is 2.28. The molecular weight excluding hydrogens is 652 g/mol. The molecule has 0 radical (unpaired) electrons. The number of hydrogen-bond acceptors (Lipinski definition) is 6. The minimum atomic E-state index is -5.00. The monoisotopic (exact) mass is 683 g/mol. The van der Waals surface area contributed by atoms with Crippen LogP contribution in [0.15, 0.2) is 36.4 Å². The van der Waals surface area contributed by atoms with E-state index in [-0.39, 0.29) is 24.3 Å². The zero-order valence-electron chi connectivity index (χ0n) is 24.6. The van der Waals surface area contributed by atoms with Crippen molar-refractivity contribution in [1.29, 1.82) is 0 Å². The number of Topliss-reactive ketones (excluding diaryl/α,β-unsaturated/α-hetero) is 1. The number of alkyl halides is 5. The molecule has 0 saturated carbocycles. The molecule has 0 aliphatic carbocycles. The van der Waals surface area contributed by atoms with Crippen molar-refractivity contribution in [3.63, 3.8) is 0 Å². The van der Waals surface area contributed by atoms with Crippen LogP contribution in [0, 0.1) is 5.92 Å². The van der Waals surface area contributed by atoms with Crippen molar-refractivity contribution in [3.05, 3.63) is 57.6 Å². The van der Waals surface area contributed by atoms with Gasteiger partial charge in [-0.15, -0.1) is 0 Å². The van der Waals surface area contributed by atoms with E-state index in [0.29, 0.717) is 27.6 Å². The number of rotatable bonds is 15. The van der Waals surface area contributed by atoms with Crippen LogP contribution in [-0.4, -0.2) is 68.5 Å². The van der Waals surface area contributed by atoms with Gasteiger partial charge in [0.2, 0.25) is 17.6 Å². The normalized spacial score (nSPS) is 13.1. The number of methoxy groups -OCH3 is 2. The summed E-state index contributed by atoms with van der Waals surface area (Å²) >= 11 is 11.9. The first-order valence-electron chi connectivity index (χ1n) is 13.4. The van der Waals surface area contributed by atoms with Gasteiger partial charge in [0, 0.05) is 12.8 Å². The standard InChI is InChI=1S/C29H32Cl2F5N3O6/c1-15(2)24(25(41)29(35,36)27(43)37-14-28(32,33)34)39-26(42)20(12-17-6-9-21(44-3)22(13-17)45-4)38-23(40)10-7-16-5-8-18(30)19(31)11-16/h5-6,8-9,11,13,15,20,24H,7,10,12,14H2,1-4H3,(H,37,43)(H,38,40)(H,39,42). The second-order valence-electron chi connectivity index (χ2n) is 10.2. The quantitative estimate of drug-likeness (QED) is 0.185. The van der Waals surface area contributed by atoms with Crippen molar-refractivity contribution >= 4 is 46.7 Å². The average Bonchev–Trinajstić information content (AvgIpc) is 2.97. The minimum Gasteiger partial charge on any atom is -0.493 e. The molecule has 0 aliphatic heterocycles. The minimum absolute atomic E-state index is 0.127. The maximum absolute atomic E-state index is 14.7. The lowest BCUT2D eigenvalue weighted by molar-refractivity contribution is -0.165. The second-order valence-corrected chi connectivity index (χ2v) is 11.0.